The summed E-state index contributed by atoms with van der Waals surface area (Å²) in [6.07, 6.45) is -3.95. The topological polar surface area (TPSA) is 4.93 Å². The fourth-order valence-electron chi connectivity index (χ4n) is 2.95. The summed E-state index contributed by atoms with van der Waals surface area (Å²) in [5.41, 5.74) is 2.24. The molecule has 1 heterocycles. The lowest BCUT2D eigenvalue weighted by molar-refractivity contribution is -0.137. The second-order valence-corrected chi connectivity index (χ2v) is 6.50. The molecule has 2 aromatic carbocycles. The molecule has 0 bridgehead atoms. The van der Waals surface area contributed by atoms with Gasteiger partial charge in [0.15, 0.2) is 0 Å². The van der Waals surface area contributed by atoms with E-state index in [9.17, 15) is 13.2 Å². The van der Waals surface area contributed by atoms with Crippen LogP contribution >= 0.6 is 23.2 Å². The first kappa shape index (κ1) is 17.2. The number of aryl methyl sites for hydroxylation is 2. The monoisotopic (exact) mass is 370 g/mol. The summed E-state index contributed by atoms with van der Waals surface area (Å²) in [7, 11) is 1.83. The molecule has 1 nitrogen and oxygen atoms in total. The summed E-state index contributed by atoms with van der Waals surface area (Å²) in [4.78, 5) is 0. The fraction of sp³-hybridized carbons (Fsp3) is 0.222. The van der Waals surface area contributed by atoms with Crippen molar-refractivity contribution in [3.63, 3.8) is 0 Å². The predicted molar refractivity (Wildman–Crippen MR) is 90.8 cm³/mol. The molecule has 0 aliphatic carbocycles. The third-order valence-electron chi connectivity index (χ3n) is 4.10. The van der Waals surface area contributed by atoms with Crippen LogP contribution in [0.2, 0.25) is 10.0 Å². The van der Waals surface area contributed by atoms with E-state index < -0.39 is 11.7 Å². The van der Waals surface area contributed by atoms with Crippen molar-refractivity contribution in [1.29, 1.82) is 0 Å². The highest BCUT2D eigenvalue weighted by molar-refractivity contribution is 6.35. The van der Waals surface area contributed by atoms with Crippen molar-refractivity contribution in [3.05, 3.63) is 68.8 Å². The van der Waals surface area contributed by atoms with Gasteiger partial charge < -0.3 is 4.57 Å². The minimum absolute atomic E-state index is 0.417. The minimum atomic E-state index is -4.37. The lowest BCUT2D eigenvalue weighted by Gasteiger charge is -2.11. The second-order valence-electron chi connectivity index (χ2n) is 5.72. The van der Waals surface area contributed by atoms with Crippen LogP contribution in [-0.2, 0) is 19.6 Å². The summed E-state index contributed by atoms with van der Waals surface area (Å²) in [6.45, 7) is 1.68. The molecule has 0 aliphatic heterocycles. The van der Waals surface area contributed by atoms with E-state index in [1.165, 1.54) is 12.1 Å². The summed E-state index contributed by atoms with van der Waals surface area (Å²) in [6, 6.07) is 10.3. The Kier molecular flexibility index (Phi) is 4.30. The number of benzene rings is 2. The molecule has 1 aromatic heterocycles. The lowest BCUT2D eigenvalue weighted by atomic mass is 10.1. The molecule has 0 amide bonds. The van der Waals surface area contributed by atoms with Crippen LogP contribution < -0.4 is 0 Å². The van der Waals surface area contributed by atoms with Gasteiger partial charge in [-0.1, -0.05) is 29.3 Å². The standard InChI is InChI=1S/C18H13Cl2F3N/c1-10-6-12(18(21,22)23)7-11-8-13(24(2)17(10)11)9-14-15(19)4-3-5-16(14)20/h3-4,6-8H,9H2,1-2H3. The van der Waals surface area contributed by atoms with Gasteiger partial charge in [0.2, 0.25) is 0 Å². The smallest absolute Gasteiger partial charge is 0.347 e. The number of hydrogen-bond acceptors (Lipinski definition) is 0. The molecule has 0 unspecified atom stereocenters. The molecule has 0 saturated heterocycles. The molecule has 0 spiro atoms. The van der Waals surface area contributed by atoms with Gasteiger partial charge in [0.1, 0.15) is 0 Å². The van der Waals surface area contributed by atoms with Crippen molar-refractivity contribution in [2.24, 2.45) is 7.05 Å². The molecule has 3 rings (SSSR count). The van der Waals surface area contributed by atoms with Crippen molar-refractivity contribution in [1.82, 2.24) is 4.57 Å². The molecule has 125 valence electrons. The number of hydrogen-bond donors (Lipinski definition) is 0. The van der Waals surface area contributed by atoms with Crippen molar-refractivity contribution in [3.8, 4) is 0 Å². The van der Waals surface area contributed by atoms with Gasteiger partial charge in [-0.05, 0) is 42.3 Å². The van der Waals surface area contributed by atoms with E-state index in [4.69, 9.17) is 23.2 Å². The summed E-state index contributed by atoms with van der Waals surface area (Å²) < 4.78 is 40.9. The summed E-state index contributed by atoms with van der Waals surface area (Å²) in [5, 5.41) is 1.48. The Morgan fingerprint density at radius 3 is 2.50 bits per heavy atom. The van der Waals surface area contributed by atoms with Gasteiger partial charge in [0, 0.05) is 35.6 Å². The number of halogens is 5. The Labute approximate surface area is 147 Å². The molecule has 0 saturated carbocycles. The van der Waals surface area contributed by atoms with Crippen LogP contribution in [0.5, 0.6) is 0 Å². The maximum atomic E-state index is 13.0. The van der Waals surface area contributed by atoms with Gasteiger partial charge >= 0.3 is 6.18 Å². The molecule has 24 heavy (non-hydrogen) atoms. The minimum Gasteiger partial charge on any atom is -0.347 e. The normalized spacial score (nSPS) is 12.1. The Balaban J connectivity index is 2.14. The van der Waals surface area contributed by atoms with Gasteiger partial charge in [-0.2, -0.15) is 13.2 Å². The maximum Gasteiger partial charge on any atom is 0.416 e. The molecule has 0 fully saturated rings. The number of rotatable bonds is 2. The van der Waals surface area contributed by atoms with Crippen LogP contribution in [0.25, 0.3) is 10.9 Å². The zero-order valence-corrected chi connectivity index (χ0v) is 14.4. The van der Waals surface area contributed by atoms with Crippen molar-refractivity contribution >= 4 is 34.1 Å². The summed E-state index contributed by atoms with van der Waals surface area (Å²) in [5.74, 6) is 0. The number of aromatic nitrogens is 1. The average Bonchev–Trinajstić information content (AvgIpc) is 2.79. The van der Waals surface area contributed by atoms with E-state index in [-0.39, 0.29) is 0 Å². The highest BCUT2D eigenvalue weighted by Gasteiger charge is 2.31. The SMILES string of the molecule is Cc1cc(C(F)(F)F)cc2cc(Cc3c(Cl)[c]ccc3Cl)n(C)c12. The molecule has 1 radical (unpaired) electrons. The Hall–Kier alpha value is -1.65. The van der Waals surface area contributed by atoms with Gasteiger partial charge in [-0.15, -0.1) is 0 Å². The van der Waals surface area contributed by atoms with Gasteiger partial charge in [0.25, 0.3) is 0 Å². The largest absolute Gasteiger partial charge is 0.416 e. The zero-order valence-electron chi connectivity index (χ0n) is 12.9. The Morgan fingerprint density at radius 1 is 1.17 bits per heavy atom. The van der Waals surface area contributed by atoms with E-state index in [2.05, 4.69) is 6.07 Å². The Bertz CT molecular complexity index is 906. The first-order valence-electron chi connectivity index (χ1n) is 7.19. The molecular formula is C18H13Cl2F3N. The van der Waals surface area contributed by atoms with Gasteiger partial charge in [-0.3, -0.25) is 0 Å². The lowest BCUT2D eigenvalue weighted by Crippen LogP contribution is -2.05. The van der Waals surface area contributed by atoms with E-state index in [0.717, 1.165) is 11.2 Å². The molecule has 6 heteroatoms. The van der Waals surface area contributed by atoms with Crippen LogP contribution in [-0.4, -0.2) is 4.57 Å². The van der Waals surface area contributed by atoms with Gasteiger partial charge in [0.05, 0.1) is 16.1 Å². The molecular weight excluding hydrogens is 358 g/mol. The van der Waals surface area contributed by atoms with Crippen LogP contribution in [0, 0.1) is 13.0 Å². The average molecular weight is 371 g/mol. The van der Waals surface area contributed by atoms with Crippen LogP contribution in [0.1, 0.15) is 22.4 Å². The highest BCUT2D eigenvalue weighted by Crippen LogP contribution is 2.35. The first-order valence-corrected chi connectivity index (χ1v) is 7.95. The van der Waals surface area contributed by atoms with Crippen molar-refractivity contribution < 1.29 is 13.2 Å². The van der Waals surface area contributed by atoms with Gasteiger partial charge in [-0.25, -0.2) is 0 Å². The molecule has 0 N–H and O–H groups in total. The number of nitrogens with zero attached hydrogens (tertiary/aromatic N) is 1. The molecule has 3 aromatic rings. The molecule has 0 aliphatic rings. The third kappa shape index (κ3) is 3.01. The highest BCUT2D eigenvalue weighted by atomic mass is 35.5. The quantitative estimate of drug-likeness (QED) is 0.505. The predicted octanol–water partition coefficient (Wildman–Crippen LogP) is 6.20. The first-order chi connectivity index (χ1) is 11.2. The van der Waals surface area contributed by atoms with E-state index in [1.54, 1.807) is 25.1 Å². The van der Waals surface area contributed by atoms with E-state index >= 15 is 0 Å². The molecule has 0 atom stereocenters. The summed E-state index contributed by atoms with van der Waals surface area (Å²) >= 11 is 12.3. The van der Waals surface area contributed by atoms with Crippen LogP contribution in [0.15, 0.2) is 30.3 Å². The number of fused-ring (bicyclic) bond motifs is 1. The fourth-order valence-corrected chi connectivity index (χ4v) is 3.46. The third-order valence-corrected chi connectivity index (χ3v) is 4.79. The zero-order chi connectivity index (χ0) is 17.6. The number of alkyl halides is 3. The Morgan fingerprint density at radius 2 is 1.88 bits per heavy atom. The van der Waals surface area contributed by atoms with Crippen LogP contribution in [0.4, 0.5) is 13.2 Å². The van der Waals surface area contributed by atoms with Crippen molar-refractivity contribution in [2.45, 2.75) is 19.5 Å². The van der Waals surface area contributed by atoms with E-state index in [1.807, 2.05) is 11.6 Å². The second kappa shape index (κ2) is 6.01. The van der Waals surface area contributed by atoms with Crippen molar-refractivity contribution in [2.75, 3.05) is 0 Å². The van der Waals surface area contributed by atoms with Crippen LogP contribution in [0.3, 0.4) is 0 Å². The maximum absolute atomic E-state index is 13.0. The van der Waals surface area contributed by atoms with E-state index in [0.29, 0.717) is 33.0 Å².